The van der Waals surface area contributed by atoms with Gasteiger partial charge in [0.1, 0.15) is 6.04 Å². The Hall–Kier alpha value is -1.61. The van der Waals surface area contributed by atoms with E-state index in [-0.39, 0.29) is 5.69 Å². The molecule has 19 heavy (non-hydrogen) atoms. The number of nitrogens with zero attached hydrogens (tertiary/aromatic N) is 3. The fourth-order valence-electron chi connectivity index (χ4n) is 1.37. The molecule has 1 unspecified atom stereocenters. The van der Waals surface area contributed by atoms with Crippen LogP contribution in [0.15, 0.2) is 6.20 Å². The second-order valence-corrected chi connectivity index (χ2v) is 4.79. The van der Waals surface area contributed by atoms with Crippen molar-refractivity contribution < 1.29 is 14.7 Å². The number of rotatable bonds is 8. The van der Waals surface area contributed by atoms with E-state index in [0.717, 1.165) is 0 Å². The van der Waals surface area contributed by atoms with Gasteiger partial charge >= 0.3 is 5.97 Å². The number of carboxylic acid groups (broad SMARTS) is 1. The maximum absolute atomic E-state index is 11.8. The molecule has 1 aromatic rings. The summed E-state index contributed by atoms with van der Waals surface area (Å²) >= 11 is 1.52. The van der Waals surface area contributed by atoms with Gasteiger partial charge in [-0.25, -0.2) is 4.79 Å². The average molecular weight is 287 g/mol. The van der Waals surface area contributed by atoms with Crippen molar-refractivity contribution in [3.63, 3.8) is 0 Å². The molecule has 0 bridgehead atoms. The van der Waals surface area contributed by atoms with E-state index < -0.39 is 17.9 Å². The Morgan fingerprint density at radius 2 is 2.37 bits per heavy atom. The molecule has 1 rings (SSSR count). The number of thioether (sulfide) groups is 1. The molecule has 1 aromatic heterocycles. The van der Waals surface area contributed by atoms with Crippen molar-refractivity contribution in [2.75, 3.05) is 18.6 Å². The number of aliphatic carboxylic acids is 1. The van der Waals surface area contributed by atoms with Crippen LogP contribution in [0.25, 0.3) is 0 Å². The van der Waals surface area contributed by atoms with E-state index in [2.05, 4.69) is 15.6 Å². The normalized spacial score (nSPS) is 12.1. The zero-order chi connectivity index (χ0) is 14.3. The highest BCUT2D eigenvalue weighted by molar-refractivity contribution is 7.98. The minimum Gasteiger partial charge on any atom is -0.480 e. The van der Waals surface area contributed by atoms with E-state index in [9.17, 15) is 9.59 Å². The molecule has 0 radical (unpaired) electrons. The molecule has 0 spiro atoms. The number of carbonyl (C=O) groups is 2. The van der Waals surface area contributed by atoms with Crippen LogP contribution >= 0.6 is 11.8 Å². The lowest BCUT2D eigenvalue weighted by molar-refractivity contribution is -0.139. The molecule has 0 aliphatic rings. The highest BCUT2D eigenvalue weighted by atomic mass is 32.2. The van der Waals surface area contributed by atoms with Crippen LogP contribution in [0.3, 0.4) is 0 Å². The van der Waals surface area contributed by atoms with Gasteiger partial charge in [-0.05, 0) is 18.4 Å². The predicted octanol–water partition coefficient (Wildman–Crippen LogP) is -0.827. The van der Waals surface area contributed by atoms with Gasteiger partial charge in [-0.1, -0.05) is 5.21 Å². The minimum absolute atomic E-state index is 0.0869. The Kier molecular flexibility index (Phi) is 6.30. The molecule has 4 N–H and O–H groups in total. The van der Waals surface area contributed by atoms with Crippen molar-refractivity contribution in [1.82, 2.24) is 20.3 Å². The highest BCUT2D eigenvalue weighted by Crippen LogP contribution is 2.02. The summed E-state index contributed by atoms with van der Waals surface area (Å²) in [6.07, 6.45) is 3.67. The van der Waals surface area contributed by atoms with Gasteiger partial charge in [-0.2, -0.15) is 11.8 Å². The van der Waals surface area contributed by atoms with Gasteiger partial charge in [0.2, 0.25) is 0 Å². The van der Waals surface area contributed by atoms with Crippen LogP contribution in [0.4, 0.5) is 0 Å². The van der Waals surface area contributed by atoms with Crippen molar-refractivity contribution in [2.24, 2.45) is 5.73 Å². The van der Waals surface area contributed by atoms with Gasteiger partial charge in [0.25, 0.3) is 5.91 Å². The van der Waals surface area contributed by atoms with Crippen LogP contribution < -0.4 is 11.1 Å². The fourth-order valence-corrected chi connectivity index (χ4v) is 1.84. The van der Waals surface area contributed by atoms with Crippen LogP contribution in [0.2, 0.25) is 0 Å². The first-order valence-corrected chi connectivity index (χ1v) is 7.10. The molecule has 0 aromatic carbocycles. The number of hydrogen-bond donors (Lipinski definition) is 3. The predicted molar refractivity (Wildman–Crippen MR) is 71.0 cm³/mol. The zero-order valence-electron chi connectivity index (χ0n) is 10.6. The molecule has 1 amide bonds. The molecule has 0 saturated carbocycles. The lowest BCUT2D eigenvalue weighted by atomic mass is 10.2. The third-order valence-corrected chi connectivity index (χ3v) is 2.99. The summed E-state index contributed by atoms with van der Waals surface area (Å²) < 4.78 is 1.44. The highest BCUT2D eigenvalue weighted by Gasteiger charge is 2.21. The SMILES string of the molecule is CSCCC(NC(=O)c1cn(CCN)nn1)C(=O)O. The summed E-state index contributed by atoms with van der Waals surface area (Å²) in [4.78, 5) is 22.8. The fraction of sp³-hybridized carbons (Fsp3) is 0.600. The zero-order valence-corrected chi connectivity index (χ0v) is 11.4. The van der Waals surface area contributed by atoms with Crippen molar-refractivity contribution >= 4 is 23.6 Å². The first kappa shape index (κ1) is 15.4. The average Bonchev–Trinajstić information content (AvgIpc) is 2.83. The summed E-state index contributed by atoms with van der Waals surface area (Å²) in [5, 5.41) is 18.8. The van der Waals surface area contributed by atoms with E-state index in [4.69, 9.17) is 10.8 Å². The van der Waals surface area contributed by atoms with Crippen molar-refractivity contribution in [1.29, 1.82) is 0 Å². The standard InChI is InChI=1S/C10H17N5O3S/c1-19-5-2-7(10(17)18)12-9(16)8-6-15(4-3-11)14-13-8/h6-7H,2-5,11H2,1H3,(H,12,16)(H,17,18). The summed E-state index contributed by atoms with van der Waals surface area (Å²) in [5.74, 6) is -0.953. The molecule has 9 heteroatoms. The summed E-state index contributed by atoms with van der Waals surface area (Å²) in [6, 6.07) is -0.917. The molecule has 0 aliphatic heterocycles. The maximum Gasteiger partial charge on any atom is 0.326 e. The van der Waals surface area contributed by atoms with E-state index in [1.165, 1.54) is 22.6 Å². The quantitative estimate of drug-likeness (QED) is 0.570. The Morgan fingerprint density at radius 1 is 1.63 bits per heavy atom. The lowest BCUT2D eigenvalue weighted by Gasteiger charge is -2.12. The van der Waals surface area contributed by atoms with Crippen molar-refractivity contribution in [3.05, 3.63) is 11.9 Å². The van der Waals surface area contributed by atoms with Gasteiger partial charge in [0.15, 0.2) is 5.69 Å². The minimum atomic E-state index is -1.06. The van der Waals surface area contributed by atoms with Crippen LogP contribution in [0, 0.1) is 0 Å². The van der Waals surface area contributed by atoms with Gasteiger partial charge in [-0.15, -0.1) is 5.10 Å². The van der Waals surface area contributed by atoms with Crippen molar-refractivity contribution in [2.45, 2.75) is 19.0 Å². The molecule has 0 fully saturated rings. The number of carboxylic acids is 1. The Balaban J connectivity index is 2.62. The molecule has 106 valence electrons. The first-order chi connectivity index (χ1) is 9.08. The molecule has 0 saturated heterocycles. The summed E-state index contributed by atoms with van der Waals surface area (Å²) in [6.45, 7) is 0.838. The van der Waals surface area contributed by atoms with Gasteiger partial charge < -0.3 is 16.2 Å². The van der Waals surface area contributed by atoms with E-state index >= 15 is 0 Å². The number of amides is 1. The first-order valence-electron chi connectivity index (χ1n) is 5.71. The molecule has 8 nitrogen and oxygen atoms in total. The van der Waals surface area contributed by atoms with Crippen molar-refractivity contribution in [3.8, 4) is 0 Å². The van der Waals surface area contributed by atoms with Crippen LogP contribution in [-0.4, -0.2) is 56.6 Å². The molecule has 0 aliphatic carbocycles. The van der Waals surface area contributed by atoms with Crippen LogP contribution in [0.1, 0.15) is 16.9 Å². The second-order valence-electron chi connectivity index (χ2n) is 3.80. The second kappa shape index (κ2) is 7.74. The van der Waals surface area contributed by atoms with Gasteiger partial charge in [-0.3, -0.25) is 9.48 Å². The Morgan fingerprint density at radius 3 is 2.95 bits per heavy atom. The summed E-state index contributed by atoms with van der Waals surface area (Å²) in [5.41, 5.74) is 5.44. The summed E-state index contributed by atoms with van der Waals surface area (Å²) in [7, 11) is 0. The van der Waals surface area contributed by atoms with Crippen LogP contribution in [-0.2, 0) is 11.3 Å². The van der Waals surface area contributed by atoms with Crippen LogP contribution in [0.5, 0.6) is 0 Å². The van der Waals surface area contributed by atoms with E-state index in [0.29, 0.717) is 25.3 Å². The van der Waals surface area contributed by atoms with Gasteiger partial charge in [0.05, 0.1) is 12.7 Å². The molecular weight excluding hydrogens is 270 g/mol. The largest absolute Gasteiger partial charge is 0.480 e. The number of carbonyl (C=O) groups excluding carboxylic acids is 1. The Bertz CT molecular complexity index is 437. The lowest BCUT2D eigenvalue weighted by Crippen LogP contribution is -2.41. The Labute approximate surface area is 114 Å². The monoisotopic (exact) mass is 287 g/mol. The number of aromatic nitrogens is 3. The number of nitrogens with one attached hydrogen (secondary N) is 1. The van der Waals surface area contributed by atoms with E-state index in [1.807, 2.05) is 6.26 Å². The molecule has 1 atom stereocenters. The number of nitrogens with two attached hydrogens (primary N) is 1. The topological polar surface area (TPSA) is 123 Å². The maximum atomic E-state index is 11.8. The van der Waals surface area contributed by atoms with E-state index in [1.54, 1.807) is 0 Å². The third kappa shape index (κ3) is 4.87. The third-order valence-electron chi connectivity index (χ3n) is 2.34. The van der Waals surface area contributed by atoms with Gasteiger partial charge in [0, 0.05) is 6.54 Å². The molecule has 1 heterocycles. The molecular formula is C10H17N5O3S. The number of hydrogen-bond acceptors (Lipinski definition) is 6. The smallest absolute Gasteiger partial charge is 0.326 e.